The van der Waals surface area contributed by atoms with E-state index in [-0.39, 0.29) is 23.4 Å². The number of amides is 3. The highest BCUT2D eigenvalue weighted by Crippen LogP contribution is 2.42. The van der Waals surface area contributed by atoms with Crippen molar-refractivity contribution in [1.29, 1.82) is 0 Å². The van der Waals surface area contributed by atoms with Crippen LogP contribution in [0.15, 0.2) is 24.3 Å². The number of hydrogen-bond acceptors (Lipinski definition) is 3. The number of urea groups is 1. The quantitative estimate of drug-likeness (QED) is 0.822. The van der Waals surface area contributed by atoms with Crippen molar-refractivity contribution < 1.29 is 14.3 Å². The molecule has 1 spiro atoms. The highest BCUT2D eigenvalue weighted by atomic mass is 16.5. The SMILES string of the molecule is CCC(C)NC(=O)N1CCC2(CC1)CN(Cc1ccc(OC)cc1)C2=O. The lowest BCUT2D eigenvalue weighted by atomic mass is 9.71. The van der Waals surface area contributed by atoms with E-state index in [0.717, 1.165) is 37.1 Å². The van der Waals surface area contributed by atoms with Crippen molar-refractivity contribution in [2.45, 2.75) is 45.7 Å². The summed E-state index contributed by atoms with van der Waals surface area (Å²) in [4.78, 5) is 28.7. The summed E-state index contributed by atoms with van der Waals surface area (Å²) >= 11 is 0. The number of ether oxygens (including phenoxy) is 1. The van der Waals surface area contributed by atoms with Gasteiger partial charge >= 0.3 is 6.03 Å². The van der Waals surface area contributed by atoms with E-state index in [0.29, 0.717) is 19.6 Å². The largest absolute Gasteiger partial charge is 0.497 e. The monoisotopic (exact) mass is 359 g/mol. The van der Waals surface area contributed by atoms with E-state index in [4.69, 9.17) is 4.74 Å². The van der Waals surface area contributed by atoms with Gasteiger partial charge in [0.05, 0.1) is 12.5 Å². The van der Waals surface area contributed by atoms with E-state index in [9.17, 15) is 9.59 Å². The predicted molar refractivity (Wildman–Crippen MR) is 99.9 cm³/mol. The molecule has 3 amide bonds. The van der Waals surface area contributed by atoms with Gasteiger partial charge < -0.3 is 19.9 Å². The molecule has 6 heteroatoms. The first-order valence-electron chi connectivity index (χ1n) is 9.45. The highest BCUT2D eigenvalue weighted by molar-refractivity contribution is 5.89. The average Bonchev–Trinajstić information content (AvgIpc) is 2.68. The lowest BCUT2D eigenvalue weighted by molar-refractivity contribution is -0.165. The van der Waals surface area contributed by atoms with Crippen LogP contribution in [-0.2, 0) is 11.3 Å². The summed E-state index contributed by atoms with van der Waals surface area (Å²) in [6.45, 7) is 6.81. The van der Waals surface area contributed by atoms with Crippen LogP contribution in [0.1, 0.15) is 38.7 Å². The van der Waals surface area contributed by atoms with Crippen LogP contribution in [0.4, 0.5) is 4.79 Å². The van der Waals surface area contributed by atoms with Crippen LogP contribution < -0.4 is 10.1 Å². The van der Waals surface area contributed by atoms with E-state index in [1.165, 1.54) is 0 Å². The van der Waals surface area contributed by atoms with Gasteiger partial charge in [-0.1, -0.05) is 19.1 Å². The maximum atomic E-state index is 12.7. The second-order valence-electron chi connectivity index (χ2n) is 7.54. The van der Waals surface area contributed by atoms with Gasteiger partial charge in [-0.15, -0.1) is 0 Å². The molecule has 1 aromatic carbocycles. The summed E-state index contributed by atoms with van der Waals surface area (Å²) in [5.41, 5.74) is 0.860. The van der Waals surface area contributed by atoms with Gasteiger partial charge in [-0.2, -0.15) is 0 Å². The molecule has 2 aliphatic heterocycles. The molecule has 2 fully saturated rings. The molecule has 2 heterocycles. The fourth-order valence-electron chi connectivity index (χ4n) is 3.74. The summed E-state index contributed by atoms with van der Waals surface area (Å²) in [5.74, 6) is 1.05. The molecule has 6 nitrogen and oxygen atoms in total. The number of piperidine rings is 1. The molecule has 0 saturated carbocycles. The zero-order chi connectivity index (χ0) is 18.7. The first kappa shape index (κ1) is 18.5. The van der Waals surface area contributed by atoms with Crippen molar-refractivity contribution in [3.05, 3.63) is 29.8 Å². The number of hydrogen-bond donors (Lipinski definition) is 1. The molecule has 26 heavy (non-hydrogen) atoms. The number of rotatable bonds is 5. The Labute approximate surface area is 155 Å². The Balaban J connectivity index is 1.50. The van der Waals surface area contributed by atoms with Gasteiger partial charge in [0.25, 0.3) is 0 Å². The van der Waals surface area contributed by atoms with Crippen LogP contribution in [0.3, 0.4) is 0 Å². The van der Waals surface area contributed by atoms with E-state index in [1.807, 2.05) is 41.0 Å². The van der Waals surface area contributed by atoms with Gasteiger partial charge in [0, 0.05) is 32.2 Å². The molecule has 0 radical (unpaired) electrons. The maximum absolute atomic E-state index is 12.7. The minimum Gasteiger partial charge on any atom is -0.497 e. The van der Waals surface area contributed by atoms with Crippen LogP contribution in [0, 0.1) is 5.41 Å². The second-order valence-corrected chi connectivity index (χ2v) is 7.54. The number of benzene rings is 1. The molecule has 1 N–H and O–H groups in total. The Morgan fingerprint density at radius 1 is 1.27 bits per heavy atom. The van der Waals surface area contributed by atoms with Crippen molar-refractivity contribution in [3.63, 3.8) is 0 Å². The van der Waals surface area contributed by atoms with Crippen molar-refractivity contribution >= 4 is 11.9 Å². The summed E-state index contributed by atoms with van der Waals surface area (Å²) in [5, 5.41) is 3.01. The normalized spacial score (nSPS) is 19.9. The van der Waals surface area contributed by atoms with E-state index in [1.54, 1.807) is 7.11 Å². The highest BCUT2D eigenvalue weighted by Gasteiger charge is 2.53. The topological polar surface area (TPSA) is 61.9 Å². The zero-order valence-corrected chi connectivity index (χ0v) is 16.0. The summed E-state index contributed by atoms with van der Waals surface area (Å²) in [6, 6.07) is 8.02. The number of nitrogens with zero attached hydrogens (tertiary/aromatic N) is 2. The van der Waals surface area contributed by atoms with Crippen molar-refractivity contribution in [3.8, 4) is 5.75 Å². The standard InChI is InChI=1S/C20H29N3O3/c1-4-15(2)21-19(25)22-11-9-20(10-12-22)14-23(18(20)24)13-16-5-7-17(26-3)8-6-16/h5-8,15H,4,9-14H2,1-3H3,(H,21,25). The second kappa shape index (κ2) is 7.56. The van der Waals surface area contributed by atoms with Crippen LogP contribution in [0.25, 0.3) is 0 Å². The van der Waals surface area contributed by atoms with Crippen molar-refractivity contribution in [1.82, 2.24) is 15.1 Å². The van der Waals surface area contributed by atoms with Crippen LogP contribution in [0.2, 0.25) is 0 Å². The summed E-state index contributed by atoms with van der Waals surface area (Å²) in [6.07, 6.45) is 2.44. The van der Waals surface area contributed by atoms with Gasteiger partial charge in [0.2, 0.25) is 5.91 Å². The van der Waals surface area contributed by atoms with E-state index in [2.05, 4.69) is 12.2 Å². The Morgan fingerprint density at radius 3 is 2.46 bits per heavy atom. The number of likely N-dealkylation sites (tertiary alicyclic amines) is 2. The molecular formula is C20H29N3O3. The first-order valence-corrected chi connectivity index (χ1v) is 9.45. The molecule has 0 bridgehead atoms. The number of carbonyl (C=O) groups is 2. The van der Waals surface area contributed by atoms with Crippen LogP contribution in [-0.4, -0.2) is 54.5 Å². The van der Waals surface area contributed by atoms with Gasteiger partial charge in [-0.05, 0) is 43.9 Å². The summed E-state index contributed by atoms with van der Waals surface area (Å²) < 4.78 is 5.17. The lowest BCUT2D eigenvalue weighted by Crippen LogP contribution is -2.65. The van der Waals surface area contributed by atoms with Crippen LogP contribution >= 0.6 is 0 Å². The molecule has 3 rings (SSSR count). The molecule has 142 valence electrons. The van der Waals surface area contributed by atoms with E-state index >= 15 is 0 Å². The predicted octanol–water partition coefficient (Wildman–Crippen LogP) is 2.63. The minimum atomic E-state index is -0.250. The molecule has 2 saturated heterocycles. The zero-order valence-electron chi connectivity index (χ0n) is 16.0. The third-order valence-electron chi connectivity index (χ3n) is 5.76. The fourth-order valence-corrected chi connectivity index (χ4v) is 3.74. The molecule has 1 atom stereocenters. The molecule has 0 aromatic heterocycles. The van der Waals surface area contributed by atoms with Gasteiger partial charge in [-0.25, -0.2) is 4.79 Å². The van der Waals surface area contributed by atoms with Crippen molar-refractivity contribution in [2.75, 3.05) is 26.7 Å². The number of nitrogens with one attached hydrogen (secondary N) is 1. The smallest absolute Gasteiger partial charge is 0.317 e. The molecular weight excluding hydrogens is 330 g/mol. The van der Waals surface area contributed by atoms with Crippen molar-refractivity contribution in [2.24, 2.45) is 5.41 Å². The Kier molecular flexibility index (Phi) is 5.39. The van der Waals surface area contributed by atoms with Gasteiger partial charge in [0.1, 0.15) is 5.75 Å². The molecule has 1 unspecified atom stereocenters. The van der Waals surface area contributed by atoms with Crippen LogP contribution in [0.5, 0.6) is 5.75 Å². The third-order valence-corrected chi connectivity index (χ3v) is 5.76. The maximum Gasteiger partial charge on any atom is 0.317 e. The Bertz CT molecular complexity index is 651. The first-order chi connectivity index (χ1) is 12.5. The van der Waals surface area contributed by atoms with Gasteiger partial charge in [-0.3, -0.25) is 4.79 Å². The lowest BCUT2D eigenvalue weighted by Gasteiger charge is -2.52. The number of methoxy groups -OCH3 is 1. The van der Waals surface area contributed by atoms with E-state index < -0.39 is 0 Å². The Hall–Kier alpha value is -2.24. The summed E-state index contributed by atoms with van der Waals surface area (Å²) in [7, 11) is 1.65. The number of carbonyl (C=O) groups excluding carboxylic acids is 2. The fraction of sp³-hybridized carbons (Fsp3) is 0.600. The molecule has 0 aliphatic carbocycles. The number of β-lactam (4-membered cyclic amide) rings is 1. The molecule has 1 aromatic rings. The third kappa shape index (κ3) is 3.64. The minimum absolute atomic E-state index is 0.00365. The Morgan fingerprint density at radius 2 is 1.92 bits per heavy atom. The van der Waals surface area contributed by atoms with Gasteiger partial charge in [0.15, 0.2) is 0 Å². The average molecular weight is 359 g/mol. The molecule has 2 aliphatic rings.